The van der Waals surface area contributed by atoms with Crippen LogP contribution in [-0.2, 0) is 12.4 Å². The van der Waals surface area contributed by atoms with E-state index in [0.29, 0.717) is 0 Å². The summed E-state index contributed by atoms with van der Waals surface area (Å²) in [5.74, 6) is -2.45. The molecule has 0 fully saturated rings. The summed E-state index contributed by atoms with van der Waals surface area (Å²) in [4.78, 5) is 10.1. The Morgan fingerprint density at radius 3 is 1.88 bits per heavy atom. The Morgan fingerprint density at radius 2 is 1.59 bits per heavy atom. The molecule has 17 heavy (non-hydrogen) atoms. The van der Waals surface area contributed by atoms with Crippen molar-refractivity contribution in [2.45, 2.75) is 12.4 Å². The fourth-order valence-corrected chi connectivity index (χ4v) is 0.971. The van der Waals surface area contributed by atoms with E-state index in [2.05, 4.69) is 5.10 Å². The van der Waals surface area contributed by atoms with Crippen LogP contribution in [0.2, 0.25) is 0 Å². The smallest absolute Gasteiger partial charge is 0.543 e. The molecule has 4 nitrogen and oxygen atoms in total. The van der Waals surface area contributed by atoms with Gasteiger partial charge in [-0.1, -0.05) is 0 Å². The minimum Gasteiger partial charge on any atom is -0.543 e. The zero-order valence-electron chi connectivity index (χ0n) is 8.03. The molecule has 90 valence electrons. The van der Waals surface area contributed by atoms with Crippen molar-refractivity contribution in [2.24, 2.45) is 0 Å². The molecule has 0 bridgehead atoms. The molecule has 1 aromatic rings. The van der Waals surface area contributed by atoms with E-state index in [1.807, 2.05) is 0 Å². The van der Waals surface area contributed by atoms with Gasteiger partial charge in [-0.15, -0.1) is 0 Å². The number of carboxylic acids is 1. The van der Waals surface area contributed by atoms with Crippen LogP contribution in [0.5, 0.6) is 0 Å². The molecule has 0 aliphatic carbocycles. The molecule has 0 amide bonds. The third-order valence-corrected chi connectivity index (χ3v) is 1.53. The third kappa shape index (κ3) is 3.36. The topological polar surface area (TPSA) is 68.8 Å². The molecular weight excluding hydrogens is 269 g/mol. The number of aromatic nitrogens is 2. The Labute approximate surface area is 111 Å². The van der Waals surface area contributed by atoms with E-state index in [4.69, 9.17) is 0 Å². The van der Waals surface area contributed by atoms with Crippen LogP contribution in [0.3, 0.4) is 0 Å². The number of hydrogen-bond donors (Lipinski definition) is 1. The zero-order valence-corrected chi connectivity index (χ0v) is 10.0. The number of halogens is 6. The summed E-state index contributed by atoms with van der Waals surface area (Å²) < 4.78 is 72.8. The molecule has 0 aromatic carbocycles. The largest absolute Gasteiger partial charge is 1.00 e. The number of carbonyl (C=O) groups is 1. The Hall–Kier alpha value is -0.740. The van der Waals surface area contributed by atoms with Crippen LogP contribution < -0.4 is 34.7 Å². The molecule has 0 unspecified atom stereocenters. The van der Waals surface area contributed by atoms with Crippen molar-refractivity contribution in [3.05, 3.63) is 17.0 Å². The summed E-state index contributed by atoms with van der Waals surface area (Å²) >= 11 is 0. The zero-order chi connectivity index (χ0) is 12.7. The summed E-state index contributed by atoms with van der Waals surface area (Å²) in [6, 6.07) is 0. The Balaban J connectivity index is 0.00000256. The number of carbonyl (C=O) groups excluding carboxylic acids is 1. The monoisotopic (exact) mass is 270 g/mol. The van der Waals surface area contributed by atoms with Crippen LogP contribution in [0.25, 0.3) is 0 Å². The van der Waals surface area contributed by atoms with Gasteiger partial charge in [0.15, 0.2) is 5.69 Å². The number of H-pyrrole nitrogens is 1. The van der Waals surface area contributed by atoms with Crippen LogP contribution in [0, 0.1) is 0 Å². The normalized spacial score (nSPS) is 12.1. The van der Waals surface area contributed by atoms with Gasteiger partial charge < -0.3 is 9.90 Å². The first-order valence-corrected chi connectivity index (χ1v) is 3.49. The van der Waals surface area contributed by atoms with E-state index in [1.165, 1.54) is 0 Å². The number of alkyl halides is 6. The Morgan fingerprint density at radius 1 is 1.12 bits per heavy atom. The molecule has 0 atom stereocenters. The maximum absolute atomic E-state index is 12.2. The maximum Gasteiger partial charge on any atom is 1.00 e. The molecule has 0 spiro atoms. The van der Waals surface area contributed by atoms with Crippen molar-refractivity contribution in [1.82, 2.24) is 10.2 Å². The Kier molecular flexibility index (Phi) is 4.65. The van der Waals surface area contributed by atoms with Crippen molar-refractivity contribution >= 4 is 5.97 Å². The second-order valence-corrected chi connectivity index (χ2v) is 2.61. The van der Waals surface area contributed by atoms with E-state index in [-0.39, 0.29) is 29.6 Å². The van der Waals surface area contributed by atoms with E-state index in [1.54, 1.807) is 0 Å². The van der Waals surface area contributed by atoms with Crippen molar-refractivity contribution in [3.8, 4) is 0 Å². The summed E-state index contributed by atoms with van der Waals surface area (Å²) in [7, 11) is 0. The van der Waals surface area contributed by atoms with Gasteiger partial charge in [0.1, 0.15) is 11.3 Å². The predicted octanol–water partition coefficient (Wildman–Crippen LogP) is -2.19. The molecule has 11 heteroatoms. The van der Waals surface area contributed by atoms with Gasteiger partial charge in [-0.2, -0.15) is 31.4 Å². The number of nitrogens with one attached hydrogen (secondary N) is 1. The average molecular weight is 270 g/mol. The molecule has 1 heterocycles. The molecule has 0 saturated heterocycles. The maximum atomic E-state index is 12.2. The third-order valence-electron chi connectivity index (χ3n) is 1.53. The van der Waals surface area contributed by atoms with Gasteiger partial charge in [0, 0.05) is 0 Å². The van der Waals surface area contributed by atoms with Crippen LogP contribution in [-0.4, -0.2) is 16.2 Å². The first-order chi connectivity index (χ1) is 7.05. The van der Waals surface area contributed by atoms with Gasteiger partial charge in [-0.05, 0) is 0 Å². The number of aromatic amines is 1. The van der Waals surface area contributed by atoms with Crippen LogP contribution in [0.1, 0.15) is 21.7 Å². The summed E-state index contributed by atoms with van der Waals surface area (Å²) in [5.41, 5.74) is -6.47. The number of hydrogen-bond acceptors (Lipinski definition) is 3. The van der Waals surface area contributed by atoms with Gasteiger partial charge in [0.25, 0.3) is 0 Å². The second-order valence-electron chi connectivity index (χ2n) is 2.61. The van der Waals surface area contributed by atoms with Crippen molar-refractivity contribution in [2.75, 3.05) is 0 Å². The molecule has 1 N–H and O–H groups in total. The van der Waals surface area contributed by atoms with Crippen molar-refractivity contribution in [3.63, 3.8) is 0 Å². The summed E-state index contributed by atoms with van der Waals surface area (Å²) in [6.45, 7) is 0. The quantitative estimate of drug-likeness (QED) is 0.466. The minimum atomic E-state index is -5.49. The molecule has 1 aromatic heterocycles. The van der Waals surface area contributed by atoms with Crippen molar-refractivity contribution in [1.29, 1.82) is 0 Å². The fraction of sp³-hybridized carbons (Fsp3) is 0.333. The van der Waals surface area contributed by atoms with E-state index in [9.17, 15) is 36.2 Å². The number of aromatic carboxylic acids is 1. The van der Waals surface area contributed by atoms with E-state index in [0.717, 1.165) is 5.10 Å². The number of nitrogens with zero attached hydrogens (tertiary/aromatic N) is 1. The summed E-state index contributed by atoms with van der Waals surface area (Å²) in [6.07, 6.45) is -10.9. The molecule has 1 rings (SSSR count). The van der Waals surface area contributed by atoms with Gasteiger partial charge >= 0.3 is 41.9 Å². The number of carboxylic acid groups (broad SMARTS) is 1. The molecule has 0 aliphatic rings. The molecular formula is C6HF6N2NaO2. The minimum absolute atomic E-state index is 0. The Bertz CT molecular complexity index is 423. The number of rotatable bonds is 1. The first kappa shape index (κ1) is 16.3. The standard InChI is InChI=1S/C6H2F6N2O2.Na/c7-5(8,9)1-2(4(15)16)13-14-3(1)6(10,11)12;/h(H,13,14)(H,15,16);/q;+1/p-1. The predicted molar refractivity (Wildman–Crippen MR) is 32.9 cm³/mol. The van der Waals surface area contributed by atoms with Crippen molar-refractivity contribution < 1.29 is 65.8 Å². The molecule has 0 saturated carbocycles. The second kappa shape index (κ2) is 4.86. The van der Waals surface area contributed by atoms with Gasteiger partial charge in [-0.25, -0.2) is 0 Å². The SMILES string of the molecule is O=C([O-])c1n[nH]c(C(F)(F)F)c1C(F)(F)F.[Na+]. The first-order valence-electron chi connectivity index (χ1n) is 3.49. The average Bonchev–Trinajstić information content (AvgIpc) is 2.43. The van der Waals surface area contributed by atoms with Crippen LogP contribution in [0.15, 0.2) is 0 Å². The molecule has 0 aliphatic heterocycles. The van der Waals surface area contributed by atoms with Gasteiger partial charge in [0.05, 0.1) is 5.97 Å². The van der Waals surface area contributed by atoms with Gasteiger partial charge in [0.2, 0.25) is 0 Å². The van der Waals surface area contributed by atoms with E-state index < -0.39 is 35.3 Å². The van der Waals surface area contributed by atoms with Crippen LogP contribution in [0.4, 0.5) is 26.3 Å². The fourth-order valence-electron chi connectivity index (χ4n) is 0.971. The van der Waals surface area contributed by atoms with E-state index >= 15 is 0 Å². The van der Waals surface area contributed by atoms with Crippen LogP contribution >= 0.6 is 0 Å². The van der Waals surface area contributed by atoms with Gasteiger partial charge in [-0.3, -0.25) is 5.10 Å². The summed E-state index contributed by atoms with van der Waals surface area (Å²) in [5, 5.41) is 13.6. The molecule has 0 radical (unpaired) electrons.